The van der Waals surface area contributed by atoms with Crippen LogP contribution in [0.25, 0.3) is 0 Å². The van der Waals surface area contributed by atoms with E-state index < -0.39 is 18.0 Å². The van der Waals surface area contributed by atoms with Gasteiger partial charge in [0.25, 0.3) is 0 Å². The van der Waals surface area contributed by atoms with Gasteiger partial charge in [-0.2, -0.15) is 0 Å². The number of hydrogen-bond acceptors (Lipinski definition) is 7. The lowest BCUT2D eigenvalue weighted by molar-refractivity contribution is -0.165. The lowest BCUT2D eigenvalue weighted by Gasteiger charge is -2.17. The van der Waals surface area contributed by atoms with Gasteiger partial charge in [-0.3, -0.25) is 14.4 Å². The fourth-order valence-electron chi connectivity index (χ4n) is 2.05. The van der Waals surface area contributed by atoms with Gasteiger partial charge in [-0.05, 0) is 12.8 Å². The first-order chi connectivity index (χ1) is 11.5. The topological polar surface area (TPSA) is 99.1 Å². The summed E-state index contributed by atoms with van der Waals surface area (Å²) >= 11 is 0. The maximum absolute atomic E-state index is 11.8. The number of esters is 3. The summed E-state index contributed by atoms with van der Waals surface area (Å²) in [5, 5.41) is 8.67. The van der Waals surface area contributed by atoms with E-state index in [4.69, 9.17) is 19.3 Å². The van der Waals surface area contributed by atoms with E-state index in [0.717, 1.165) is 44.9 Å². The molecular weight excluding hydrogens is 316 g/mol. The Hall–Kier alpha value is -1.63. The number of rotatable bonds is 14. The van der Waals surface area contributed by atoms with Crippen molar-refractivity contribution in [3.05, 3.63) is 0 Å². The molecule has 7 heteroatoms. The molecule has 0 rings (SSSR count). The molecule has 0 aliphatic carbocycles. The zero-order valence-corrected chi connectivity index (χ0v) is 14.8. The third-order valence-electron chi connectivity index (χ3n) is 3.28. The first-order valence-corrected chi connectivity index (χ1v) is 8.52. The predicted molar refractivity (Wildman–Crippen MR) is 87.2 cm³/mol. The summed E-state index contributed by atoms with van der Waals surface area (Å²) < 4.78 is 14.8. The van der Waals surface area contributed by atoms with Gasteiger partial charge in [0.05, 0.1) is 0 Å². The molecule has 24 heavy (non-hydrogen) atoms. The summed E-state index contributed by atoms with van der Waals surface area (Å²) in [5.74, 6) is -1.36. The Morgan fingerprint density at radius 3 is 1.71 bits per heavy atom. The second-order valence-electron chi connectivity index (χ2n) is 5.67. The van der Waals surface area contributed by atoms with Crippen LogP contribution in [0.3, 0.4) is 0 Å². The molecule has 0 aliphatic rings. The summed E-state index contributed by atoms with van der Waals surface area (Å²) in [5.41, 5.74) is 0. The third-order valence-corrected chi connectivity index (χ3v) is 3.28. The van der Waals surface area contributed by atoms with Gasteiger partial charge >= 0.3 is 17.9 Å². The van der Waals surface area contributed by atoms with Gasteiger partial charge in [0.15, 0.2) is 6.10 Å². The molecule has 0 aliphatic heterocycles. The molecule has 0 heterocycles. The fraction of sp³-hybridized carbons (Fsp3) is 0.824. The van der Waals surface area contributed by atoms with Crippen LogP contribution in [0, 0.1) is 0 Å². The Morgan fingerprint density at radius 2 is 1.25 bits per heavy atom. The van der Waals surface area contributed by atoms with Crippen LogP contribution in [0.1, 0.15) is 65.2 Å². The average molecular weight is 346 g/mol. The molecule has 0 saturated carbocycles. The molecule has 1 N–H and O–H groups in total. The van der Waals surface area contributed by atoms with E-state index in [1.165, 1.54) is 13.8 Å². The van der Waals surface area contributed by atoms with Gasteiger partial charge in [-0.25, -0.2) is 0 Å². The van der Waals surface area contributed by atoms with Gasteiger partial charge in [0.2, 0.25) is 0 Å². The minimum atomic E-state index is -0.774. The lowest BCUT2D eigenvalue weighted by Crippen LogP contribution is -2.30. The summed E-state index contributed by atoms with van der Waals surface area (Å²) in [6.07, 6.45) is 6.29. The number of carbonyl (C=O) groups excluding carboxylic acids is 3. The number of aliphatic hydroxyl groups excluding tert-OH is 1. The third kappa shape index (κ3) is 15.3. The molecule has 7 nitrogen and oxygen atoms in total. The molecule has 0 amide bonds. The number of aliphatic hydroxyl groups is 1. The average Bonchev–Trinajstić information content (AvgIpc) is 2.52. The second kappa shape index (κ2) is 14.9. The van der Waals surface area contributed by atoms with Crippen molar-refractivity contribution in [3.8, 4) is 0 Å². The summed E-state index contributed by atoms with van der Waals surface area (Å²) in [4.78, 5) is 33.4. The van der Waals surface area contributed by atoms with E-state index in [1.807, 2.05) is 0 Å². The van der Waals surface area contributed by atoms with Crippen molar-refractivity contribution in [3.63, 3.8) is 0 Å². The molecule has 0 aromatic carbocycles. The van der Waals surface area contributed by atoms with E-state index in [2.05, 4.69) is 0 Å². The second-order valence-corrected chi connectivity index (χ2v) is 5.67. The Morgan fingerprint density at radius 1 is 0.792 bits per heavy atom. The van der Waals surface area contributed by atoms with Crippen LogP contribution in [0.5, 0.6) is 0 Å². The smallest absolute Gasteiger partial charge is 0.306 e. The molecule has 0 aromatic rings. The van der Waals surface area contributed by atoms with E-state index in [1.54, 1.807) is 0 Å². The van der Waals surface area contributed by atoms with Crippen molar-refractivity contribution in [2.24, 2.45) is 0 Å². The van der Waals surface area contributed by atoms with Crippen molar-refractivity contribution in [1.29, 1.82) is 0 Å². The lowest BCUT2D eigenvalue weighted by atomic mass is 10.1. The Labute approximate surface area is 143 Å². The highest BCUT2D eigenvalue weighted by Crippen LogP contribution is 2.09. The van der Waals surface area contributed by atoms with Crippen LogP contribution >= 0.6 is 0 Å². The predicted octanol–water partition coefficient (Wildman–Crippen LogP) is 2.14. The minimum Gasteiger partial charge on any atom is -0.462 e. The van der Waals surface area contributed by atoms with Gasteiger partial charge in [-0.1, -0.05) is 32.1 Å². The standard InChI is InChI=1S/C17H30O7/c1-14(19)22-12-16(13-23-15(2)20)24-17(21)10-8-6-4-3-5-7-9-11-18/h16,18H,3-13H2,1-2H3. The van der Waals surface area contributed by atoms with E-state index in [9.17, 15) is 14.4 Å². The molecule has 0 bridgehead atoms. The van der Waals surface area contributed by atoms with Crippen molar-refractivity contribution in [2.45, 2.75) is 71.3 Å². The normalized spacial score (nSPS) is 10.5. The van der Waals surface area contributed by atoms with Crippen LogP contribution < -0.4 is 0 Å². The van der Waals surface area contributed by atoms with Gasteiger partial charge in [0.1, 0.15) is 13.2 Å². The SMILES string of the molecule is CC(=O)OCC(COC(C)=O)OC(=O)CCCCCCCCCO. The molecule has 0 saturated heterocycles. The largest absolute Gasteiger partial charge is 0.462 e. The van der Waals surface area contributed by atoms with Crippen molar-refractivity contribution in [2.75, 3.05) is 19.8 Å². The molecular formula is C17H30O7. The Bertz CT molecular complexity index is 350. The number of hydrogen-bond donors (Lipinski definition) is 1. The molecule has 0 spiro atoms. The molecule has 140 valence electrons. The van der Waals surface area contributed by atoms with Crippen molar-refractivity contribution >= 4 is 17.9 Å². The van der Waals surface area contributed by atoms with Crippen LogP contribution in [0.4, 0.5) is 0 Å². The highest BCUT2D eigenvalue weighted by Gasteiger charge is 2.17. The maximum atomic E-state index is 11.8. The highest BCUT2D eigenvalue weighted by atomic mass is 16.6. The highest BCUT2D eigenvalue weighted by molar-refractivity contribution is 5.70. The summed E-state index contributed by atoms with van der Waals surface area (Å²) in [6.45, 7) is 2.50. The molecule has 0 fully saturated rings. The van der Waals surface area contributed by atoms with Crippen LogP contribution in [0.2, 0.25) is 0 Å². The van der Waals surface area contributed by atoms with Crippen molar-refractivity contribution < 1.29 is 33.7 Å². The zero-order valence-electron chi connectivity index (χ0n) is 14.8. The fourth-order valence-corrected chi connectivity index (χ4v) is 2.05. The van der Waals surface area contributed by atoms with Crippen LogP contribution in [-0.2, 0) is 28.6 Å². The number of unbranched alkanes of at least 4 members (excludes halogenated alkanes) is 6. The molecule has 0 aromatic heterocycles. The summed E-state index contributed by atoms with van der Waals surface area (Å²) in [6, 6.07) is 0. The van der Waals surface area contributed by atoms with E-state index >= 15 is 0 Å². The minimum absolute atomic E-state index is 0.126. The monoisotopic (exact) mass is 346 g/mol. The van der Waals surface area contributed by atoms with Gasteiger partial charge in [0, 0.05) is 26.9 Å². The first-order valence-electron chi connectivity index (χ1n) is 8.52. The quantitative estimate of drug-likeness (QED) is 0.292. The number of ether oxygens (including phenoxy) is 3. The van der Waals surface area contributed by atoms with Crippen LogP contribution in [0.15, 0.2) is 0 Å². The molecule has 0 radical (unpaired) electrons. The van der Waals surface area contributed by atoms with E-state index in [0.29, 0.717) is 0 Å². The Balaban J connectivity index is 3.86. The van der Waals surface area contributed by atoms with Crippen molar-refractivity contribution in [1.82, 2.24) is 0 Å². The maximum Gasteiger partial charge on any atom is 0.306 e. The molecule has 0 unspecified atom stereocenters. The van der Waals surface area contributed by atoms with Gasteiger partial charge < -0.3 is 19.3 Å². The van der Waals surface area contributed by atoms with Crippen LogP contribution in [-0.4, -0.2) is 48.9 Å². The number of carbonyl (C=O) groups is 3. The Kier molecular flexibility index (Phi) is 13.9. The van der Waals surface area contributed by atoms with E-state index in [-0.39, 0.29) is 32.2 Å². The first kappa shape index (κ1) is 22.4. The molecule has 0 atom stereocenters. The zero-order chi connectivity index (χ0) is 18.2. The summed E-state index contributed by atoms with van der Waals surface area (Å²) in [7, 11) is 0. The van der Waals surface area contributed by atoms with Gasteiger partial charge in [-0.15, -0.1) is 0 Å².